The van der Waals surface area contributed by atoms with E-state index in [1.807, 2.05) is 28.8 Å². The third-order valence-corrected chi connectivity index (χ3v) is 7.65. The van der Waals surface area contributed by atoms with Gasteiger partial charge in [0.15, 0.2) is 0 Å². The van der Waals surface area contributed by atoms with Gasteiger partial charge in [0.1, 0.15) is 17.3 Å². The van der Waals surface area contributed by atoms with Gasteiger partial charge in [-0.1, -0.05) is 12.1 Å². The van der Waals surface area contributed by atoms with E-state index in [1.165, 1.54) is 4.90 Å². The summed E-state index contributed by atoms with van der Waals surface area (Å²) in [5, 5.41) is 2.98. The van der Waals surface area contributed by atoms with Crippen LogP contribution in [0.5, 0.6) is 0 Å². The van der Waals surface area contributed by atoms with Crippen LogP contribution in [-0.4, -0.2) is 46.8 Å². The standard InChI is InChI=1S/C28H31F2N5O2/c1-33(2)27(37)19-14-22(29)21(23(30)15-19)17-34-12-13-35-24(8-9-25(35)28(34)10-3-11-28)26(36)32-16-18-4-6-20(31)7-5-18/h4-9,14-15H,3,10-13,16-17,31H2,1-2H3,(H,32,36). The first kappa shape index (κ1) is 25.0. The topological polar surface area (TPSA) is 83.6 Å². The van der Waals surface area contributed by atoms with Crippen LogP contribution in [0.25, 0.3) is 0 Å². The van der Waals surface area contributed by atoms with Crippen molar-refractivity contribution in [3.8, 4) is 0 Å². The number of nitrogens with one attached hydrogen (secondary N) is 1. The first-order chi connectivity index (χ1) is 17.7. The molecule has 1 aliphatic heterocycles. The van der Waals surface area contributed by atoms with Crippen LogP contribution in [0.4, 0.5) is 14.5 Å². The van der Waals surface area contributed by atoms with Gasteiger partial charge in [0.05, 0.1) is 5.54 Å². The smallest absolute Gasteiger partial charge is 0.268 e. The van der Waals surface area contributed by atoms with Gasteiger partial charge in [-0.25, -0.2) is 8.78 Å². The predicted octanol–water partition coefficient (Wildman–Crippen LogP) is 3.88. The molecule has 3 aromatic rings. The van der Waals surface area contributed by atoms with Crippen molar-refractivity contribution in [1.82, 2.24) is 19.7 Å². The lowest BCUT2D eigenvalue weighted by molar-refractivity contribution is -0.0229. The summed E-state index contributed by atoms with van der Waals surface area (Å²) in [6.45, 7) is 1.58. The SMILES string of the molecule is CN(C)C(=O)c1cc(F)c(CN2CCn3c(C(=O)NCc4ccc(N)cc4)ccc3C23CCC3)c(F)c1. The van der Waals surface area contributed by atoms with Gasteiger partial charge < -0.3 is 20.5 Å². The van der Waals surface area contributed by atoms with E-state index < -0.39 is 17.5 Å². The van der Waals surface area contributed by atoms with Gasteiger partial charge >= 0.3 is 0 Å². The predicted molar refractivity (Wildman–Crippen MR) is 137 cm³/mol. The number of anilines is 1. The zero-order valence-electron chi connectivity index (χ0n) is 21.1. The molecule has 1 aromatic heterocycles. The van der Waals surface area contributed by atoms with Gasteiger partial charge in [-0.05, 0) is 61.2 Å². The molecule has 0 radical (unpaired) electrons. The number of rotatable bonds is 6. The van der Waals surface area contributed by atoms with Crippen LogP contribution in [-0.2, 0) is 25.2 Å². The molecule has 1 spiro atoms. The Morgan fingerprint density at radius 2 is 1.70 bits per heavy atom. The van der Waals surface area contributed by atoms with Crippen LogP contribution >= 0.6 is 0 Å². The Morgan fingerprint density at radius 1 is 1.03 bits per heavy atom. The second-order valence-electron chi connectivity index (χ2n) is 10.1. The van der Waals surface area contributed by atoms with Crippen LogP contribution in [0, 0.1) is 11.6 Å². The molecule has 2 amide bonds. The number of halogens is 2. The molecular formula is C28H31F2N5O2. The van der Waals surface area contributed by atoms with E-state index in [-0.39, 0.29) is 29.1 Å². The van der Waals surface area contributed by atoms with Gasteiger partial charge in [0.25, 0.3) is 11.8 Å². The maximum Gasteiger partial charge on any atom is 0.268 e. The van der Waals surface area contributed by atoms with Gasteiger partial charge in [-0.15, -0.1) is 0 Å². The molecule has 3 N–H and O–H groups in total. The van der Waals surface area contributed by atoms with E-state index in [4.69, 9.17) is 5.73 Å². The third kappa shape index (κ3) is 4.48. The van der Waals surface area contributed by atoms with E-state index >= 15 is 8.78 Å². The minimum atomic E-state index is -0.719. The number of fused-ring (bicyclic) bond motifs is 2. The number of nitrogen functional groups attached to an aromatic ring is 1. The van der Waals surface area contributed by atoms with Crippen molar-refractivity contribution in [1.29, 1.82) is 0 Å². The maximum atomic E-state index is 15.0. The molecule has 1 fully saturated rings. The highest BCUT2D eigenvalue weighted by molar-refractivity contribution is 5.94. The van der Waals surface area contributed by atoms with Crippen LogP contribution in [0.3, 0.4) is 0 Å². The van der Waals surface area contributed by atoms with E-state index in [0.29, 0.717) is 31.0 Å². The number of hydrogen-bond donors (Lipinski definition) is 2. The Labute approximate surface area is 214 Å². The fourth-order valence-corrected chi connectivity index (χ4v) is 5.46. The lowest BCUT2D eigenvalue weighted by Gasteiger charge is -2.53. The second-order valence-corrected chi connectivity index (χ2v) is 10.1. The summed E-state index contributed by atoms with van der Waals surface area (Å²) in [7, 11) is 3.09. The number of amides is 2. The van der Waals surface area contributed by atoms with Crippen LogP contribution < -0.4 is 11.1 Å². The molecule has 9 heteroatoms. The maximum absolute atomic E-state index is 15.0. The number of hydrogen-bond acceptors (Lipinski definition) is 4. The molecule has 0 unspecified atom stereocenters. The van der Waals surface area contributed by atoms with Gasteiger partial charge in [-0.3, -0.25) is 14.5 Å². The molecule has 1 saturated carbocycles. The number of nitrogens with two attached hydrogens (primary N) is 1. The largest absolute Gasteiger partial charge is 0.399 e. The van der Waals surface area contributed by atoms with Crippen molar-refractivity contribution < 1.29 is 18.4 Å². The fraction of sp³-hybridized carbons (Fsp3) is 0.357. The summed E-state index contributed by atoms with van der Waals surface area (Å²) >= 11 is 0. The highest BCUT2D eigenvalue weighted by Gasteiger charge is 2.48. The zero-order chi connectivity index (χ0) is 26.3. The van der Waals surface area contributed by atoms with Crippen LogP contribution in [0.1, 0.15) is 56.9 Å². The summed E-state index contributed by atoms with van der Waals surface area (Å²) < 4.78 is 32.1. The summed E-state index contributed by atoms with van der Waals surface area (Å²) in [5.41, 5.74) is 8.53. The molecule has 5 rings (SSSR count). The van der Waals surface area contributed by atoms with E-state index in [2.05, 4.69) is 10.2 Å². The molecule has 7 nitrogen and oxygen atoms in total. The number of carbonyl (C=O) groups is 2. The Bertz CT molecular complexity index is 1320. The molecule has 194 valence electrons. The zero-order valence-corrected chi connectivity index (χ0v) is 21.1. The molecule has 1 aliphatic carbocycles. The number of carbonyl (C=O) groups excluding carboxylic acids is 2. The van der Waals surface area contributed by atoms with Crippen molar-refractivity contribution in [2.75, 3.05) is 26.4 Å². The number of aromatic nitrogens is 1. The molecule has 0 saturated heterocycles. The van der Waals surface area contributed by atoms with Crippen molar-refractivity contribution in [3.63, 3.8) is 0 Å². The number of benzene rings is 2. The summed E-state index contributed by atoms with van der Waals surface area (Å²) in [6, 6.07) is 13.4. The van der Waals surface area contributed by atoms with Crippen molar-refractivity contribution >= 4 is 17.5 Å². The normalized spacial score (nSPS) is 16.2. The fourth-order valence-electron chi connectivity index (χ4n) is 5.46. The molecule has 2 heterocycles. The average Bonchev–Trinajstić information content (AvgIpc) is 3.28. The minimum absolute atomic E-state index is 0.00995. The second kappa shape index (κ2) is 9.63. The molecule has 0 bridgehead atoms. The van der Waals surface area contributed by atoms with Crippen molar-refractivity contribution in [2.24, 2.45) is 0 Å². The van der Waals surface area contributed by atoms with E-state index in [9.17, 15) is 9.59 Å². The van der Waals surface area contributed by atoms with Gasteiger partial charge in [0.2, 0.25) is 0 Å². The minimum Gasteiger partial charge on any atom is -0.399 e. The lowest BCUT2D eigenvalue weighted by Crippen LogP contribution is -2.56. The average molecular weight is 508 g/mol. The quantitative estimate of drug-likeness (QED) is 0.496. The van der Waals surface area contributed by atoms with Crippen LogP contribution in [0.15, 0.2) is 48.5 Å². The van der Waals surface area contributed by atoms with Crippen LogP contribution in [0.2, 0.25) is 0 Å². The van der Waals surface area contributed by atoms with Gasteiger partial charge in [0, 0.05) is 62.8 Å². The molecule has 0 atom stereocenters. The van der Waals surface area contributed by atoms with E-state index in [1.54, 1.807) is 26.2 Å². The Hall–Kier alpha value is -3.72. The van der Waals surface area contributed by atoms with E-state index in [0.717, 1.165) is 42.7 Å². The monoisotopic (exact) mass is 507 g/mol. The van der Waals surface area contributed by atoms with Gasteiger partial charge in [-0.2, -0.15) is 0 Å². The highest BCUT2D eigenvalue weighted by Crippen LogP contribution is 2.49. The molecule has 2 aliphatic rings. The summed E-state index contributed by atoms with van der Waals surface area (Å²) in [4.78, 5) is 28.6. The molecule has 37 heavy (non-hydrogen) atoms. The lowest BCUT2D eigenvalue weighted by atomic mass is 9.71. The highest BCUT2D eigenvalue weighted by atomic mass is 19.1. The number of nitrogens with zero attached hydrogens (tertiary/aromatic N) is 3. The third-order valence-electron chi connectivity index (χ3n) is 7.65. The first-order valence-electron chi connectivity index (χ1n) is 12.5. The molecule has 2 aromatic carbocycles. The van der Waals surface area contributed by atoms with Crippen molar-refractivity contribution in [3.05, 3.63) is 88.2 Å². The summed E-state index contributed by atoms with van der Waals surface area (Å²) in [6.07, 6.45) is 2.70. The van der Waals surface area contributed by atoms with Crippen molar-refractivity contribution in [2.45, 2.75) is 44.4 Å². The summed E-state index contributed by atoms with van der Waals surface area (Å²) in [5.74, 6) is -2.05. The first-order valence-corrected chi connectivity index (χ1v) is 12.5. The molecular weight excluding hydrogens is 476 g/mol. The Morgan fingerprint density at radius 3 is 2.30 bits per heavy atom. The Kier molecular flexibility index (Phi) is 6.49. The Balaban J connectivity index is 1.36.